The highest BCUT2D eigenvalue weighted by Crippen LogP contribution is 2.43. The Morgan fingerprint density at radius 1 is 1.16 bits per heavy atom. The van der Waals surface area contributed by atoms with Gasteiger partial charge >= 0.3 is 6.18 Å². The van der Waals surface area contributed by atoms with Crippen LogP contribution in [0.15, 0.2) is 53.4 Å². The number of benzene rings is 2. The van der Waals surface area contributed by atoms with Gasteiger partial charge in [0.1, 0.15) is 0 Å². The van der Waals surface area contributed by atoms with E-state index in [1.54, 1.807) is 25.1 Å². The summed E-state index contributed by atoms with van der Waals surface area (Å²) in [6, 6.07) is 11.6. The molecule has 198 valence electrons. The van der Waals surface area contributed by atoms with E-state index in [2.05, 4.69) is 15.2 Å². The third-order valence-corrected chi connectivity index (χ3v) is 9.01. The zero-order valence-corrected chi connectivity index (χ0v) is 22.3. The number of carbonyl (C=O) groups is 1. The molecule has 0 unspecified atom stereocenters. The number of nitrogens with zero attached hydrogens (tertiary/aromatic N) is 2. The van der Waals surface area contributed by atoms with Gasteiger partial charge < -0.3 is 5.32 Å². The van der Waals surface area contributed by atoms with Gasteiger partial charge in [-0.15, -0.1) is 11.3 Å². The summed E-state index contributed by atoms with van der Waals surface area (Å²) < 4.78 is 63.3. The fourth-order valence-electron chi connectivity index (χ4n) is 4.52. The van der Waals surface area contributed by atoms with Gasteiger partial charge in [0.2, 0.25) is 5.91 Å². The Labute approximate surface area is 218 Å². The molecular weight excluding hydrogens is 523 g/mol. The van der Waals surface area contributed by atoms with Crippen LogP contribution in [0.4, 0.5) is 18.3 Å². The molecule has 1 aliphatic heterocycles. The summed E-state index contributed by atoms with van der Waals surface area (Å²) in [7, 11) is -3.30. The molecule has 6 nitrogen and oxygen atoms in total. The van der Waals surface area contributed by atoms with Crippen molar-refractivity contribution in [1.82, 2.24) is 9.88 Å². The normalized spacial score (nSPS) is 16.2. The van der Waals surface area contributed by atoms with Crippen molar-refractivity contribution in [1.29, 1.82) is 0 Å². The molecule has 1 atom stereocenters. The molecule has 0 aliphatic carbocycles. The van der Waals surface area contributed by atoms with Crippen molar-refractivity contribution < 1.29 is 26.4 Å². The first-order valence-corrected chi connectivity index (χ1v) is 14.4. The Morgan fingerprint density at radius 2 is 1.86 bits per heavy atom. The van der Waals surface area contributed by atoms with Crippen LogP contribution in [0.1, 0.15) is 54.1 Å². The van der Waals surface area contributed by atoms with E-state index in [0.717, 1.165) is 16.6 Å². The van der Waals surface area contributed by atoms with Gasteiger partial charge in [-0.05, 0) is 35.2 Å². The fraction of sp³-hybridized carbons (Fsp3) is 0.385. The van der Waals surface area contributed by atoms with Crippen molar-refractivity contribution >= 4 is 32.2 Å². The number of fused-ring (bicyclic) bond motifs is 1. The van der Waals surface area contributed by atoms with Crippen molar-refractivity contribution in [3.8, 4) is 0 Å². The number of sulfone groups is 1. The quantitative estimate of drug-likeness (QED) is 0.380. The van der Waals surface area contributed by atoms with E-state index in [9.17, 15) is 26.4 Å². The SMILES string of the molecule is CCS(=O)(=O)c1ccc(CC(=O)Nc2nc3c(s2)CN(Cc2cccc(C(F)(F)F)c2)[C@H]3C(C)C)cc1. The zero-order chi connectivity index (χ0) is 27.0. The zero-order valence-electron chi connectivity index (χ0n) is 20.7. The second-order valence-electron chi connectivity index (χ2n) is 9.39. The van der Waals surface area contributed by atoms with Gasteiger partial charge in [0.05, 0.1) is 34.4 Å². The first kappa shape index (κ1) is 27.3. The number of halogens is 3. The van der Waals surface area contributed by atoms with Crippen LogP contribution in [0.25, 0.3) is 0 Å². The smallest absolute Gasteiger partial charge is 0.302 e. The molecule has 1 N–H and O–H groups in total. The van der Waals surface area contributed by atoms with Gasteiger partial charge in [-0.2, -0.15) is 13.2 Å². The monoisotopic (exact) mass is 551 g/mol. The summed E-state index contributed by atoms with van der Waals surface area (Å²) in [4.78, 5) is 20.6. The highest BCUT2D eigenvalue weighted by Gasteiger charge is 2.37. The Morgan fingerprint density at radius 3 is 2.49 bits per heavy atom. The highest BCUT2D eigenvalue weighted by molar-refractivity contribution is 7.91. The lowest BCUT2D eigenvalue weighted by atomic mass is 10.0. The lowest BCUT2D eigenvalue weighted by molar-refractivity contribution is -0.137. The number of thiazole rings is 1. The molecule has 3 aromatic rings. The van der Waals surface area contributed by atoms with Gasteiger partial charge in [0.25, 0.3) is 0 Å². The number of carbonyl (C=O) groups excluding carboxylic acids is 1. The van der Waals surface area contributed by atoms with Crippen molar-refractivity contribution in [2.45, 2.75) is 57.4 Å². The van der Waals surface area contributed by atoms with E-state index < -0.39 is 21.6 Å². The first-order valence-electron chi connectivity index (χ1n) is 11.9. The molecule has 0 fully saturated rings. The van der Waals surface area contributed by atoms with Crippen LogP contribution in [-0.4, -0.2) is 30.0 Å². The van der Waals surface area contributed by atoms with E-state index >= 15 is 0 Å². The number of aromatic nitrogens is 1. The molecule has 11 heteroatoms. The van der Waals surface area contributed by atoms with Gasteiger partial charge in [-0.3, -0.25) is 9.69 Å². The molecule has 2 heterocycles. The van der Waals surface area contributed by atoms with Crippen molar-refractivity contribution in [2.24, 2.45) is 5.92 Å². The number of anilines is 1. The van der Waals surface area contributed by atoms with Crippen LogP contribution in [0.3, 0.4) is 0 Å². The van der Waals surface area contributed by atoms with Crippen molar-refractivity contribution in [3.63, 3.8) is 0 Å². The number of nitrogens with one attached hydrogen (secondary N) is 1. The second kappa shape index (κ2) is 10.5. The molecule has 0 saturated heterocycles. The Bertz CT molecular complexity index is 1380. The van der Waals surface area contributed by atoms with E-state index in [0.29, 0.717) is 29.3 Å². The predicted octanol–water partition coefficient (Wildman–Crippen LogP) is 5.85. The molecule has 0 radical (unpaired) electrons. The van der Waals surface area contributed by atoms with Crippen LogP contribution >= 0.6 is 11.3 Å². The molecule has 37 heavy (non-hydrogen) atoms. The minimum atomic E-state index is -4.39. The van der Waals surface area contributed by atoms with Crippen LogP contribution in [-0.2, 0) is 40.3 Å². The summed E-state index contributed by atoms with van der Waals surface area (Å²) in [5, 5.41) is 3.31. The summed E-state index contributed by atoms with van der Waals surface area (Å²) >= 11 is 1.37. The molecule has 1 aromatic heterocycles. The standard InChI is InChI=1S/C26H28F3N3O3S2/c1-4-37(34,35)20-10-8-17(9-11-20)13-22(33)30-25-31-23-21(36-25)15-32(24(23)16(2)3)14-18-6-5-7-19(12-18)26(27,28)29/h5-12,16,24H,4,13-15H2,1-3H3,(H,30,31,33)/t24-/m0/s1. The van der Waals surface area contributed by atoms with Gasteiger partial charge in [0.15, 0.2) is 15.0 Å². The molecule has 1 amide bonds. The average Bonchev–Trinajstić information content (AvgIpc) is 3.35. The van der Waals surface area contributed by atoms with Crippen molar-refractivity contribution in [2.75, 3.05) is 11.1 Å². The van der Waals surface area contributed by atoms with E-state index in [1.165, 1.54) is 35.6 Å². The molecule has 2 aromatic carbocycles. The van der Waals surface area contributed by atoms with E-state index in [1.807, 2.05) is 13.8 Å². The average molecular weight is 552 g/mol. The highest BCUT2D eigenvalue weighted by atomic mass is 32.2. The minimum Gasteiger partial charge on any atom is -0.302 e. The number of hydrogen-bond acceptors (Lipinski definition) is 6. The lowest BCUT2D eigenvalue weighted by Gasteiger charge is -2.28. The van der Waals surface area contributed by atoms with Gasteiger partial charge in [-0.25, -0.2) is 13.4 Å². The number of rotatable bonds is 8. The topological polar surface area (TPSA) is 79.4 Å². The third kappa shape index (κ3) is 6.22. The number of amides is 1. The van der Waals surface area contributed by atoms with Crippen LogP contribution in [0, 0.1) is 5.92 Å². The van der Waals surface area contributed by atoms with Crippen LogP contribution in [0.2, 0.25) is 0 Å². The van der Waals surface area contributed by atoms with Gasteiger partial charge in [-0.1, -0.05) is 51.1 Å². The maximum atomic E-state index is 13.1. The fourth-order valence-corrected chi connectivity index (χ4v) is 6.45. The Balaban J connectivity index is 1.43. The first-order chi connectivity index (χ1) is 17.4. The Hall–Kier alpha value is -2.76. The number of alkyl halides is 3. The third-order valence-electron chi connectivity index (χ3n) is 6.29. The second-order valence-corrected chi connectivity index (χ2v) is 12.8. The summed E-state index contributed by atoms with van der Waals surface area (Å²) in [5.41, 5.74) is 1.45. The molecule has 0 spiro atoms. The summed E-state index contributed by atoms with van der Waals surface area (Å²) in [6.45, 7) is 6.56. The molecule has 1 aliphatic rings. The van der Waals surface area contributed by atoms with Crippen molar-refractivity contribution in [3.05, 3.63) is 75.8 Å². The largest absolute Gasteiger partial charge is 0.416 e. The minimum absolute atomic E-state index is 0.0102. The molecule has 0 bridgehead atoms. The molecule has 0 saturated carbocycles. The summed E-state index contributed by atoms with van der Waals surface area (Å²) in [5.74, 6) is -0.0907. The van der Waals surface area contributed by atoms with Crippen LogP contribution < -0.4 is 5.32 Å². The van der Waals surface area contributed by atoms with E-state index in [-0.39, 0.29) is 34.9 Å². The molecular formula is C26H28F3N3O3S2. The summed E-state index contributed by atoms with van der Waals surface area (Å²) in [6.07, 6.45) is -4.31. The van der Waals surface area contributed by atoms with Gasteiger partial charge in [0, 0.05) is 18.0 Å². The van der Waals surface area contributed by atoms with Crippen LogP contribution in [0.5, 0.6) is 0 Å². The maximum Gasteiger partial charge on any atom is 0.416 e. The van der Waals surface area contributed by atoms with E-state index in [4.69, 9.17) is 0 Å². The Kier molecular flexibility index (Phi) is 7.77. The maximum absolute atomic E-state index is 13.1. The lowest BCUT2D eigenvalue weighted by Crippen LogP contribution is -2.26. The number of hydrogen-bond donors (Lipinski definition) is 1. The molecule has 4 rings (SSSR count). The predicted molar refractivity (Wildman–Crippen MR) is 137 cm³/mol.